The molecule has 0 fully saturated rings. The first-order chi connectivity index (χ1) is 16.8. The van der Waals surface area contributed by atoms with E-state index >= 15 is 0 Å². The van der Waals surface area contributed by atoms with Crippen LogP contribution in [0.4, 0.5) is 4.79 Å². The van der Waals surface area contributed by atoms with Crippen LogP contribution in [0, 0.1) is 11.8 Å². The van der Waals surface area contributed by atoms with Crippen LogP contribution in [0.5, 0.6) is 0 Å². The Morgan fingerprint density at radius 3 is 2.11 bits per heavy atom. The zero-order valence-electron chi connectivity index (χ0n) is 20.8. The molecule has 7 nitrogen and oxygen atoms in total. The maximum absolute atomic E-state index is 12.6. The molecular weight excluding hydrogens is 444 g/mol. The number of amides is 2. The molecule has 2 amide bonds. The van der Waals surface area contributed by atoms with Gasteiger partial charge in [-0.15, -0.1) is 0 Å². The molecule has 0 aliphatic heterocycles. The van der Waals surface area contributed by atoms with Gasteiger partial charge in [-0.2, -0.15) is 0 Å². The fraction of sp³-hybridized carbons (Fsp3) is 0.464. The molecule has 7 heteroatoms. The van der Waals surface area contributed by atoms with E-state index < -0.39 is 12.1 Å². The Bertz CT molecular complexity index is 990. The van der Waals surface area contributed by atoms with Crippen molar-refractivity contribution in [2.75, 3.05) is 13.2 Å². The summed E-state index contributed by atoms with van der Waals surface area (Å²) in [6.45, 7) is 6.48. The normalized spacial score (nSPS) is 14.1. The van der Waals surface area contributed by atoms with Crippen molar-refractivity contribution in [2.24, 2.45) is 11.8 Å². The Labute approximate surface area is 207 Å². The van der Waals surface area contributed by atoms with E-state index in [-0.39, 0.29) is 43.2 Å². The van der Waals surface area contributed by atoms with Crippen LogP contribution >= 0.6 is 0 Å². The van der Waals surface area contributed by atoms with Crippen molar-refractivity contribution in [1.29, 1.82) is 0 Å². The second-order valence-electron chi connectivity index (χ2n) is 9.68. The fourth-order valence-electron chi connectivity index (χ4n) is 4.81. The highest BCUT2D eigenvalue weighted by Crippen LogP contribution is 2.44. The van der Waals surface area contributed by atoms with E-state index in [1.54, 1.807) is 0 Å². The van der Waals surface area contributed by atoms with Gasteiger partial charge in [-0.05, 0) is 46.9 Å². The average Bonchev–Trinajstić information content (AvgIpc) is 3.14. The number of rotatable bonds is 12. The largest absolute Gasteiger partial charge is 0.481 e. The molecule has 2 atom stereocenters. The standard InChI is InChI=1S/C28H36N2O5/c1-4-20(15-26(31)29-16-19(13-18(2)3)14-27(32)33)30-28(34)35-17-25-23-11-7-5-9-21(23)22-10-6-8-12-24(22)25/h5-12,18-20,25H,4,13-17H2,1-3H3,(H,29,31)(H,30,34)(H,32,33)/t19?,20-/m0/s1. The van der Waals surface area contributed by atoms with Gasteiger partial charge in [-0.3, -0.25) is 9.59 Å². The molecule has 0 radical (unpaired) electrons. The number of carboxylic acids is 1. The number of nitrogens with one attached hydrogen (secondary N) is 2. The van der Waals surface area contributed by atoms with Crippen LogP contribution in [0.2, 0.25) is 0 Å². The van der Waals surface area contributed by atoms with Crippen molar-refractivity contribution < 1.29 is 24.2 Å². The van der Waals surface area contributed by atoms with Crippen LogP contribution in [-0.2, 0) is 14.3 Å². The fourth-order valence-corrected chi connectivity index (χ4v) is 4.81. The molecule has 1 unspecified atom stereocenters. The predicted octanol–water partition coefficient (Wildman–Crippen LogP) is 4.95. The molecule has 1 aliphatic carbocycles. The van der Waals surface area contributed by atoms with E-state index in [4.69, 9.17) is 9.84 Å². The highest BCUT2D eigenvalue weighted by molar-refractivity contribution is 5.79. The van der Waals surface area contributed by atoms with Crippen molar-refractivity contribution in [3.63, 3.8) is 0 Å². The number of hydrogen-bond donors (Lipinski definition) is 3. The van der Waals surface area contributed by atoms with Crippen molar-refractivity contribution in [2.45, 2.75) is 58.4 Å². The quantitative estimate of drug-likeness (QED) is 0.399. The first-order valence-electron chi connectivity index (χ1n) is 12.4. The number of carbonyl (C=O) groups excluding carboxylic acids is 2. The van der Waals surface area contributed by atoms with E-state index in [0.717, 1.165) is 17.5 Å². The maximum atomic E-state index is 12.6. The number of benzene rings is 2. The Hall–Kier alpha value is -3.35. The average molecular weight is 481 g/mol. The minimum atomic E-state index is -0.867. The third-order valence-electron chi connectivity index (χ3n) is 6.45. The van der Waals surface area contributed by atoms with Gasteiger partial charge in [0, 0.05) is 31.3 Å². The zero-order valence-corrected chi connectivity index (χ0v) is 20.8. The highest BCUT2D eigenvalue weighted by Gasteiger charge is 2.29. The van der Waals surface area contributed by atoms with Gasteiger partial charge in [0.05, 0.1) is 0 Å². The molecular formula is C28H36N2O5. The van der Waals surface area contributed by atoms with Crippen LogP contribution in [0.15, 0.2) is 48.5 Å². The predicted molar refractivity (Wildman–Crippen MR) is 135 cm³/mol. The monoisotopic (exact) mass is 480 g/mol. The smallest absolute Gasteiger partial charge is 0.407 e. The van der Waals surface area contributed by atoms with Gasteiger partial charge in [0.15, 0.2) is 0 Å². The van der Waals surface area contributed by atoms with Crippen molar-refractivity contribution in [3.05, 3.63) is 59.7 Å². The number of ether oxygens (including phenoxy) is 1. The van der Waals surface area contributed by atoms with Crippen molar-refractivity contribution in [1.82, 2.24) is 10.6 Å². The van der Waals surface area contributed by atoms with Gasteiger partial charge in [0.1, 0.15) is 6.61 Å². The molecule has 3 N–H and O–H groups in total. The number of carboxylic acid groups (broad SMARTS) is 1. The third kappa shape index (κ3) is 7.31. The summed E-state index contributed by atoms with van der Waals surface area (Å²) in [6.07, 6.45) is 0.884. The molecule has 0 saturated carbocycles. The Morgan fingerprint density at radius 2 is 1.57 bits per heavy atom. The highest BCUT2D eigenvalue weighted by atomic mass is 16.5. The molecule has 3 rings (SSSR count). The summed E-state index contributed by atoms with van der Waals surface area (Å²) >= 11 is 0. The van der Waals surface area contributed by atoms with Crippen LogP contribution in [0.3, 0.4) is 0 Å². The number of fused-ring (bicyclic) bond motifs is 3. The summed E-state index contributed by atoms with van der Waals surface area (Å²) in [5.74, 6) is -0.881. The van der Waals surface area contributed by atoms with E-state index in [1.165, 1.54) is 11.1 Å². The Morgan fingerprint density at radius 1 is 0.971 bits per heavy atom. The molecule has 0 spiro atoms. The minimum Gasteiger partial charge on any atom is -0.481 e. The molecule has 0 heterocycles. The van der Waals surface area contributed by atoms with E-state index in [9.17, 15) is 14.4 Å². The molecule has 2 aromatic rings. The second kappa shape index (κ2) is 12.4. The van der Waals surface area contributed by atoms with Crippen molar-refractivity contribution >= 4 is 18.0 Å². The SMILES string of the molecule is CC[C@@H](CC(=O)NCC(CC(=O)O)CC(C)C)NC(=O)OCC1c2ccccc2-c2ccccc21. The lowest BCUT2D eigenvalue weighted by Crippen LogP contribution is -2.40. The van der Waals surface area contributed by atoms with E-state index in [0.29, 0.717) is 18.9 Å². The molecule has 0 saturated heterocycles. The number of alkyl carbamates (subject to hydrolysis) is 1. The number of aliphatic carboxylic acids is 1. The summed E-state index contributed by atoms with van der Waals surface area (Å²) in [7, 11) is 0. The lowest BCUT2D eigenvalue weighted by molar-refractivity contribution is -0.138. The third-order valence-corrected chi connectivity index (χ3v) is 6.45. The maximum Gasteiger partial charge on any atom is 0.407 e. The first kappa shape index (κ1) is 26.3. The Kier molecular flexibility index (Phi) is 9.29. The van der Waals surface area contributed by atoms with Crippen molar-refractivity contribution in [3.8, 4) is 11.1 Å². The van der Waals surface area contributed by atoms with Crippen LogP contribution < -0.4 is 10.6 Å². The summed E-state index contributed by atoms with van der Waals surface area (Å²) in [4.78, 5) is 36.1. The lowest BCUT2D eigenvalue weighted by Gasteiger charge is -2.20. The Balaban J connectivity index is 1.50. The number of hydrogen-bond acceptors (Lipinski definition) is 4. The van der Waals surface area contributed by atoms with Gasteiger partial charge >= 0.3 is 12.1 Å². The molecule has 0 aromatic heterocycles. The van der Waals surface area contributed by atoms with Gasteiger partial charge in [-0.1, -0.05) is 69.3 Å². The molecule has 1 aliphatic rings. The molecule has 188 valence electrons. The summed E-state index contributed by atoms with van der Waals surface area (Å²) in [5, 5.41) is 14.7. The van der Waals surface area contributed by atoms with Gasteiger partial charge in [0.25, 0.3) is 0 Å². The van der Waals surface area contributed by atoms with Gasteiger partial charge in [0.2, 0.25) is 5.91 Å². The summed E-state index contributed by atoms with van der Waals surface area (Å²) in [5.41, 5.74) is 4.62. The number of carbonyl (C=O) groups is 3. The zero-order chi connectivity index (χ0) is 25.4. The molecule has 35 heavy (non-hydrogen) atoms. The first-order valence-corrected chi connectivity index (χ1v) is 12.4. The second-order valence-corrected chi connectivity index (χ2v) is 9.68. The van der Waals surface area contributed by atoms with Crippen LogP contribution in [-0.4, -0.2) is 42.3 Å². The molecule has 0 bridgehead atoms. The molecule has 2 aromatic carbocycles. The van der Waals surface area contributed by atoms with E-state index in [1.807, 2.05) is 45.0 Å². The van der Waals surface area contributed by atoms with Crippen LogP contribution in [0.25, 0.3) is 11.1 Å². The minimum absolute atomic E-state index is 0.0215. The van der Waals surface area contributed by atoms with Gasteiger partial charge < -0.3 is 20.5 Å². The lowest BCUT2D eigenvalue weighted by atomic mass is 9.94. The summed E-state index contributed by atoms with van der Waals surface area (Å²) in [6, 6.07) is 15.9. The summed E-state index contributed by atoms with van der Waals surface area (Å²) < 4.78 is 5.59. The van der Waals surface area contributed by atoms with E-state index in [2.05, 4.69) is 34.9 Å². The topological polar surface area (TPSA) is 105 Å². The van der Waals surface area contributed by atoms with Gasteiger partial charge in [-0.25, -0.2) is 4.79 Å². The van der Waals surface area contributed by atoms with Crippen LogP contribution in [0.1, 0.15) is 63.5 Å².